The van der Waals surface area contributed by atoms with Crippen LogP contribution in [0, 0.1) is 11.3 Å². The van der Waals surface area contributed by atoms with Gasteiger partial charge in [-0.2, -0.15) is 5.26 Å². The number of aromatic carboxylic acids is 1. The van der Waals surface area contributed by atoms with Crippen LogP contribution < -0.4 is 0 Å². The summed E-state index contributed by atoms with van der Waals surface area (Å²) >= 11 is 0. The van der Waals surface area contributed by atoms with E-state index in [1.165, 1.54) is 0 Å². The Balaban J connectivity index is 1.89. The van der Waals surface area contributed by atoms with E-state index in [9.17, 15) is 9.90 Å². The lowest BCUT2D eigenvalue weighted by molar-refractivity contribution is 0.0697. The standard InChI is InChI=1S/C21H18N4O2/c22-8-2-1-3-10-25-19-7-5-16(24-11-9-23-14-24)13-18(19)17-6-4-15(21(26)27)12-20(17)25/h4-7,9,11-14H,1-3,10H2,(H,26,27). The van der Waals surface area contributed by atoms with Crippen LogP contribution in [0.2, 0.25) is 0 Å². The molecule has 27 heavy (non-hydrogen) atoms. The normalized spacial score (nSPS) is 11.1. The van der Waals surface area contributed by atoms with Crippen molar-refractivity contribution in [3.63, 3.8) is 0 Å². The molecule has 4 rings (SSSR count). The van der Waals surface area contributed by atoms with E-state index in [1.807, 2.05) is 22.9 Å². The first kappa shape index (κ1) is 16.9. The quantitative estimate of drug-likeness (QED) is 0.519. The topological polar surface area (TPSA) is 83.8 Å². The Bertz CT molecular complexity index is 1170. The summed E-state index contributed by atoms with van der Waals surface area (Å²) in [6.45, 7) is 0.745. The molecule has 0 unspecified atom stereocenters. The summed E-state index contributed by atoms with van der Waals surface area (Å²) in [5.41, 5.74) is 3.25. The highest BCUT2D eigenvalue weighted by Gasteiger charge is 2.14. The molecule has 134 valence electrons. The molecule has 0 aliphatic heterocycles. The fourth-order valence-corrected chi connectivity index (χ4v) is 3.51. The Morgan fingerprint density at radius 2 is 2.00 bits per heavy atom. The molecule has 4 aromatic rings. The first-order valence-electron chi connectivity index (χ1n) is 8.83. The molecular weight excluding hydrogens is 340 g/mol. The minimum absolute atomic E-state index is 0.276. The average Bonchev–Trinajstić information content (AvgIpc) is 3.31. The number of imidazole rings is 1. The summed E-state index contributed by atoms with van der Waals surface area (Å²) in [4.78, 5) is 15.5. The van der Waals surface area contributed by atoms with Gasteiger partial charge in [0.25, 0.3) is 0 Å². The zero-order valence-corrected chi connectivity index (χ0v) is 14.7. The zero-order chi connectivity index (χ0) is 18.8. The number of nitriles is 1. The van der Waals surface area contributed by atoms with E-state index < -0.39 is 5.97 Å². The van der Waals surface area contributed by atoms with E-state index in [0.717, 1.165) is 46.9 Å². The third-order valence-corrected chi connectivity index (χ3v) is 4.82. The second-order valence-corrected chi connectivity index (χ2v) is 6.48. The monoisotopic (exact) mass is 358 g/mol. The predicted octanol–water partition coefficient (Wildman–Crippen LogP) is 4.37. The summed E-state index contributed by atoms with van der Waals surface area (Å²) in [6, 6.07) is 13.6. The molecule has 2 aromatic heterocycles. The van der Waals surface area contributed by atoms with E-state index >= 15 is 0 Å². The molecule has 2 heterocycles. The number of rotatable bonds is 6. The van der Waals surface area contributed by atoms with E-state index in [1.54, 1.807) is 24.7 Å². The third kappa shape index (κ3) is 3.04. The highest BCUT2D eigenvalue weighted by Crippen LogP contribution is 2.32. The molecule has 0 atom stereocenters. The van der Waals surface area contributed by atoms with Gasteiger partial charge in [0.05, 0.1) is 18.0 Å². The maximum absolute atomic E-state index is 11.4. The number of aromatic nitrogens is 3. The van der Waals surface area contributed by atoms with Crippen LogP contribution in [-0.2, 0) is 6.54 Å². The lowest BCUT2D eigenvalue weighted by Crippen LogP contribution is -2.00. The van der Waals surface area contributed by atoms with Gasteiger partial charge in [-0.05, 0) is 43.2 Å². The van der Waals surface area contributed by atoms with Gasteiger partial charge in [0, 0.05) is 52.9 Å². The van der Waals surface area contributed by atoms with Crippen molar-refractivity contribution in [2.75, 3.05) is 0 Å². The molecular formula is C21H18N4O2. The highest BCUT2D eigenvalue weighted by molar-refractivity contribution is 6.10. The van der Waals surface area contributed by atoms with E-state index in [2.05, 4.69) is 27.8 Å². The second kappa shape index (κ2) is 6.96. The van der Waals surface area contributed by atoms with Gasteiger partial charge in [-0.3, -0.25) is 0 Å². The fraction of sp³-hybridized carbons (Fsp3) is 0.190. The predicted molar refractivity (Wildman–Crippen MR) is 103 cm³/mol. The maximum atomic E-state index is 11.4. The first-order chi connectivity index (χ1) is 13.2. The number of fused-ring (bicyclic) bond motifs is 3. The number of hydrogen-bond acceptors (Lipinski definition) is 3. The van der Waals surface area contributed by atoms with Gasteiger partial charge in [-0.25, -0.2) is 9.78 Å². The van der Waals surface area contributed by atoms with Crippen molar-refractivity contribution >= 4 is 27.8 Å². The van der Waals surface area contributed by atoms with E-state index in [4.69, 9.17) is 5.26 Å². The molecule has 0 bridgehead atoms. The summed E-state index contributed by atoms with van der Waals surface area (Å²) in [5, 5.41) is 20.2. The lowest BCUT2D eigenvalue weighted by atomic mass is 10.1. The van der Waals surface area contributed by atoms with Crippen molar-refractivity contribution in [2.24, 2.45) is 0 Å². The van der Waals surface area contributed by atoms with Gasteiger partial charge >= 0.3 is 5.97 Å². The minimum Gasteiger partial charge on any atom is -0.478 e. The van der Waals surface area contributed by atoms with Gasteiger partial charge in [0.15, 0.2) is 0 Å². The molecule has 1 N–H and O–H groups in total. The second-order valence-electron chi connectivity index (χ2n) is 6.48. The van der Waals surface area contributed by atoms with Gasteiger partial charge < -0.3 is 14.2 Å². The average molecular weight is 358 g/mol. The Hall–Kier alpha value is -3.59. The molecule has 0 amide bonds. The van der Waals surface area contributed by atoms with Crippen LogP contribution in [0.4, 0.5) is 0 Å². The third-order valence-electron chi connectivity index (χ3n) is 4.82. The number of hydrogen-bond donors (Lipinski definition) is 1. The largest absolute Gasteiger partial charge is 0.478 e. The van der Waals surface area contributed by atoms with Crippen LogP contribution in [0.3, 0.4) is 0 Å². The summed E-state index contributed by atoms with van der Waals surface area (Å²) in [6.07, 6.45) is 7.61. The Labute approximate surface area is 155 Å². The van der Waals surface area contributed by atoms with Crippen molar-refractivity contribution in [3.05, 3.63) is 60.7 Å². The van der Waals surface area contributed by atoms with Crippen LogP contribution in [0.1, 0.15) is 29.6 Å². The molecule has 0 fully saturated rings. The number of unbranched alkanes of at least 4 members (excludes halogenated alkanes) is 2. The van der Waals surface area contributed by atoms with Gasteiger partial charge in [-0.1, -0.05) is 6.07 Å². The van der Waals surface area contributed by atoms with Crippen molar-refractivity contribution < 1.29 is 9.90 Å². The summed E-state index contributed by atoms with van der Waals surface area (Å²) in [5.74, 6) is -0.933. The number of nitrogens with zero attached hydrogens (tertiary/aromatic N) is 4. The van der Waals surface area contributed by atoms with Crippen molar-refractivity contribution in [1.82, 2.24) is 14.1 Å². The SMILES string of the molecule is N#CCCCCn1c2ccc(-n3ccnc3)cc2c2ccc(C(=O)O)cc21. The van der Waals surface area contributed by atoms with E-state index in [-0.39, 0.29) is 5.56 Å². The first-order valence-corrected chi connectivity index (χ1v) is 8.83. The number of carboxylic acid groups (broad SMARTS) is 1. The van der Waals surface area contributed by atoms with Crippen LogP contribution in [-0.4, -0.2) is 25.2 Å². The number of benzene rings is 2. The maximum Gasteiger partial charge on any atom is 0.335 e. The number of carbonyl (C=O) groups is 1. The van der Waals surface area contributed by atoms with Crippen LogP contribution in [0.5, 0.6) is 0 Å². The molecule has 6 heteroatoms. The molecule has 0 saturated heterocycles. The van der Waals surface area contributed by atoms with Crippen LogP contribution >= 0.6 is 0 Å². The Morgan fingerprint density at radius 3 is 2.74 bits per heavy atom. The molecule has 0 aliphatic rings. The minimum atomic E-state index is -0.933. The Morgan fingerprint density at radius 1 is 1.11 bits per heavy atom. The molecule has 0 aliphatic carbocycles. The smallest absolute Gasteiger partial charge is 0.335 e. The van der Waals surface area contributed by atoms with Crippen molar-refractivity contribution in [2.45, 2.75) is 25.8 Å². The van der Waals surface area contributed by atoms with Gasteiger partial charge in [-0.15, -0.1) is 0 Å². The highest BCUT2D eigenvalue weighted by atomic mass is 16.4. The van der Waals surface area contributed by atoms with Gasteiger partial charge in [0.1, 0.15) is 0 Å². The van der Waals surface area contributed by atoms with E-state index in [0.29, 0.717) is 6.42 Å². The fourth-order valence-electron chi connectivity index (χ4n) is 3.51. The Kier molecular flexibility index (Phi) is 4.35. The lowest BCUT2D eigenvalue weighted by Gasteiger charge is -2.08. The molecule has 0 spiro atoms. The molecule has 0 radical (unpaired) electrons. The number of aryl methyl sites for hydroxylation is 1. The summed E-state index contributed by atoms with van der Waals surface area (Å²) < 4.78 is 4.10. The van der Waals surface area contributed by atoms with Crippen LogP contribution in [0.25, 0.3) is 27.5 Å². The van der Waals surface area contributed by atoms with Crippen LogP contribution in [0.15, 0.2) is 55.1 Å². The number of carboxylic acids is 1. The van der Waals surface area contributed by atoms with Gasteiger partial charge in [0.2, 0.25) is 0 Å². The van der Waals surface area contributed by atoms with Crippen molar-refractivity contribution in [3.8, 4) is 11.8 Å². The zero-order valence-electron chi connectivity index (χ0n) is 14.7. The molecule has 6 nitrogen and oxygen atoms in total. The molecule has 2 aromatic carbocycles. The molecule has 0 saturated carbocycles. The van der Waals surface area contributed by atoms with Crippen molar-refractivity contribution in [1.29, 1.82) is 5.26 Å². The summed E-state index contributed by atoms with van der Waals surface area (Å²) in [7, 11) is 0.